The van der Waals surface area contributed by atoms with Crippen molar-refractivity contribution in [1.29, 1.82) is 0 Å². The van der Waals surface area contributed by atoms with Gasteiger partial charge in [-0.1, -0.05) is 56.8 Å². The molecule has 0 unspecified atom stereocenters. The Morgan fingerprint density at radius 2 is 2.14 bits per heavy atom. The number of esters is 1. The molecule has 6 heteroatoms. The molecular formula is C8H10BrCl3O2. The van der Waals surface area contributed by atoms with E-state index in [9.17, 15) is 4.79 Å². The summed E-state index contributed by atoms with van der Waals surface area (Å²) in [4.78, 5) is 10.8. The number of halogens is 4. The van der Waals surface area contributed by atoms with Crippen molar-refractivity contribution in [2.45, 2.75) is 28.1 Å². The van der Waals surface area contributed by atoms with Gasteiger partial charge < -0.3 is 4.74 Å². The Morgan fingerprint density at radius 3 is 2.43 bits per heavy atom. The zero-order valence-electron chi connectivity index (χ0n) is 7.47. The number of carbonyl (C=O) groups excluding carboxylic acids is 1. The molecule has 0 bridgehead atoms. The summed E-state index contributed by atoms with van der Waals surface area (Å²) in [5.74, 6) is -0.469. The highest BCUT2D eigenvalue weighted by Crippen LogP contribution is 2.34. The van der Waals surface area contributed by atoms with Gasteiger partial charge in [0.05, 0.1) is 0 Å². The largest absolute Gasteiger partial charge is 0.457 e. The Hall–Kier alpha value is 0.560. The average Bonchev–Trinajstić information content (AvgIpc) is 2.01. The molecule has 0 fully saturated rings. The number of alkyl halides is 4. The van der Waals surface area contributed by atoms with Crippen LogP contribution in [0, 0.1) is 0 Å². The third-order valence-corrected chi connectivity index (χ3v) is 2.43. The smallest absolute Gasteiger partial charge is 0.319 e. The predicted octanol–water partition coefficient (Wildman–Crippen LogP) is 3.63. The SMILES string of the molecule is C=CC[C@H](OC(=O)[C@@H](C)Br)C(Cl)(Cl)Cl. The average molecular weight is 324 g/mol. The van der Waals surface area contributed by atoms with E-state index in [0.29, 0.717) is 6.42 Å². The van der Waals surface area contributed by atoms with Crippen LogP contribution in [0.15, 0.2) is 12.7 Å². The van der Waals surface area contributed by atoms with Crippen molar-refractivity contribution >= 4 is 56.7 Å². The molecule has 0 aliphatic rings. The van der Waals surface area contributed by atoms with Gasteiger partial charge in [-0.15, -0.1) is 6.58 Å². The summed E-state index contributed by atoms with van der Waals surface area (Å²) in [6, 6.07) is 0. The molecule has 2 nitrogen and oxygen atoms in total. The topological polar surface area (TPSA) is 26.3 Å². The number of ether oxygens (including phenoxy) is 1. The first-order valence-electron chi connectivity index (χ1n) is 3.81. The van der Waals surface area contributed by atoms with Crippen LogP contribution in [0.3, 0.4) is 0 Å². The van der Waals surface area contributed by atoms with Gasteiger partial charge in [0.2, 0.25) is 3.79 Å². The second-order valence-corrected chi connectivity index (χ2v) is 6.35. The Morgan fingerprint density at radius 1 is 1.64 bits per heavy atom. The second-order valence-electron chi connectivity index (χ2n) is 2.61. The first-order chi connectivity index (χ1) is 6.29. The van der Waals surface area contributed by atoms with E-state index in [1.54, 1.807) is 6.92 Å². The van der Waals surface area contributed by atoms with Gasteiger partial charge in [0.15, 0.2) is 6.10 Å². The van der Waals surface area contributed by atoms with Gasteiger partial charge in [-0.05, 0) is 6.92 Å². The van der Waals surface area contributed by atoms with E-state index in [-0.39, 0.29) is 0 Å². The van der Waals surface area contributed by atoms with Gasteiger partial charge in [-0.2, -0.15) is 0 Å². The fourth-order valence-electron chi connectivity index (χ4n) is 0.634. The van der Waals surface area contributed by atoms with Crippen molar-refractivity contribution in [1.82, 2.24) is 0 Å². The van der Waals surface area contributed by atoms with E-state index in [1.165, 1.54) is 6.08 Å². The van der Waals surface area contributed by atoms with Gasteiger partial charge in [-0.3, -0.25) is 4.79 Å². The summed E-state index contributed by atoms with van der Waals surface area (Å²) >= 11 is 19.9. The molecule has 82 valence electrons. The molecule has 0 aromatic carbocycles. The number of rotatable bonds is 4. The summed E-state index contributed by atoms with van der Waals surface area (Å²) in [6.45, 7) is 5.12. The summed E-state index contributed by atoms with van der Waals surface area (Å²) in [5, 5.41) is 0. The fraction of sp³-hybridized carbons (Fsp3) is 0.625. The molecule has 0 N–H and O–H groups in total. The van der Waals surface area contributed by atoms with Crippen molar-refractivity contribution in [3.8, 4) is 0 Å². The molecule has 0 saturated heterocycles. The lowest BCUT2D eigenvalue weighted by Crippen LogP contribution is -2.32. The quantitative estimate of drug-likeness (QED) is 0.448. The van der Waals surface area contributed by atoms with Gasteiger partial charge in [0, 0.05) is 6.42 Å². The number of carbonyl (C=O) groups is 1. The van der Waals surface area contributed by atoms with E-state index < -0.39 is 20.7 Å². The third kappa shape index (κ3) is 5.44. The molecule has 0 aromatic rings. The Labute approximate surface area is 107 Å². The maximum Gasteiger partial charge on any atom is 0.319 e. The maximum atomic E-state index is 11.2. The van der Waals surface area contributed by atoms with E-state index in [2.05, 4.69) is 22.5 Å². The highest BCUT2D eigenvalue weighted by molar-refractivity contribution is 9.10. The van der Waals surface area contributed by atoms with Crippen LogP contribution >= 0.6 is 50.7 Å². The highest BCUT2D eigenvalue weighted by Gasteiger charge is 2.35. The fourth-order valence-corrected chi connectivity index (χ4v) is 1.14. The lowest BCUT2D eigenvalue weighted by Gasteiger charge is -2.23. The molecule has 0 radical (unpaired) electrons. The van der Waals surface area contributed by atoms with Crippen molar-refractivity contribution in [3.63, 3.8) is 0 Å². The van der Waals surface area contributed by atoms with Crippen LogP contribution in [0.5, 0.6) is 0 Å². The highest BCUT2D eigenvalue weighted by atomic mass is 79.9. The molecule has 0 spiro atoms. The monoisotopic (exact) mass is 322 g/mol. The van der Waals surface area contributed by atoms with E-state index >= 15 is 0 Å². The summed E-state index contributed by atoms with van der Waals surface area (Å²) < 4.78 is 3.33. The molecule has 0 amide bonds. The van der Waals surface area contributed by atoms with E-state index in [0.717, 1.165) is 0 Å². The Kier molecular flexibility index (Phi) is 6.46. The van der Waals surface area contributed by atoms with Gasteiger partial charge in [0.25, 0.3) is 0 Å². The maximum absolute atomic E-state index is 11.2. The number of hydrogen-bond donors (Lipinski definition) is 0. The minimum absolute atomic E-state index is 0.294. The van der Waals surface area contributed by atoms with Gasteiger partial charge in [0.1, 0.15) is 4.83 Å². The van der Waals surface area contributed by atoms with Crippen LogP contribution in [0.1, 0.15) is 13.3 Å². The first kappa shape index (κ1) is 14.6. The minimum atomic E-state index is -1.63. The summed E-state index contributed by atoms with van der Waals surface area (Å²) in [7, 11) is 0. The lowest BCUT2D eigenvalue weighted by molar-refractivity contribution is -0.147. The zero-order valence-corrected chi connectivity index (χ0v) is 11.3. The van der Waals surface area contributed by atoms with Crippen LogP contribution in [0.25, 0.3) is 0 Å². The van der Waals surface area contributed by atoms with Crippen molar-refractivity contribution in [3.05, 3.63) is 12.7 Å². The van der Waals surface area contributed by atoms with Crippen LogP contribution in [-0.2, 0) is 9.53 Å². The van der Waals surface area contributed by atoms with Gasteiger partial charge >= 0.3 is 5.97 Å². The van der Waals surface area contributed by atoms with Gasteiger partial charge in [-0.25, -0.2) is 0 Å². The molecule has 0 heterocycles. The molecule has 0 aliphatic heterocycles. The van der Waals surface area contributed by atoms with Crippen LogP contribution < -0.4 is 0 Å². The zero-order chi connectivity index (χ0) is 11.4. The molecule has 0 aromatic heterocycles. The molecule has 14 heavy (non-hydrogen) atoms. The predicted molar refractivity (Wildman–Crippen MR) is 63.4 cm³/mol. The van der Waals surface area contributed by atoms with Crippen molar-refractivity contribution in [2.24, 2.45) is 0 Å². The molecule has 2 atom stereocenters. The normalized spacial score (nSPS) is 15.8. The summed E-state index contributed by atoms with van der Waals surface area (Å²) in [5.41, 5.74) is 0. The minimum Gasteiger partial charge on any atom is -0.457 e. The molecule has 0 aliphatic carbocycles. The van der Waals surface area contributed by atoms with Crippen LogP contribution in [0.4, 0.5) is 0 Å². The van der Waals surface area contributed by atoms with E-state index in [4.69, 9.17) is 39.5 Å². The van der Waals surface area contributed by atoms with Crippen molar-refractivity contribution < 1.29 is 9.53 Å². The third-order valence-electron chi connectivity index (χ3n) is 1.33. The van der Waals surface area contributed by atoms with E-state index in [1.807, 2.05) is 0 Å². The first-order valence-corrected chi connectivity index (χ1v) is 5.86. The lowest BCUT2D eigenvalue weighted by atomic mass is 10.3. The second kappa shape index (κ2) is 6.21. The van der Waals surface area contributed by atoms with Crippen LogP contribution in [-0.4, -0.2) is 20.7 Å². The molecule has 0 rings (SSSR count). The van der Waals surface area contributed by atoms with Crippen molar-refractivity contribution in [2.75, 3.05) is 0 Å². The Bertz CT molecular complexity index is 213. The van der Waals surface area contributed by atoms with Crippen LogP contribution in [0.2, 0.25) is 0 Å². The molecule has 0 saturated carbocycles. The Balaban J connectivity index is 4.38. The summed E-state index contributed by atoms with van der Waals surface area (Å²) in [6.07, 6.45) is 1.01. The standard InChI is InChI=1S/C8H10BrCl3O2/c1-3-4-6(8(10,11)12)14-7(13)5(2)9/h3,5-6H,1,4H2,2H3/t5-,6+/m1/s1. The molecular weight excluding hydrogens is 314 g/mol. The number of hydrogen-bond acceptors (Lipinski definition) is 2.